The molecule has 0 unspecified atom stereocenters. The Hall–Kier alpha value is -1.49. The molecule has 1 heterocycles. The third-order valence-corrected chi connectivity index (χ3v) is 4.28. The number of amides is 1. The van der Waals surface area contributed by atoms with Crippen molar-refractivity contribution in [3.8, 4) is 0 Å². The molecule has 21 heavy (non-hydrogen) atoms. The Balaban J connectivity index is 1.54. The lowest BCUT2D eigenvalue weighted by atomic mass is 10.0. The molecule has 3 rings (SSSR count). The smallest absolute Gasteiger partial charge is 0.254 e. The van der Waals surface area contributed by atoms with Gasteiger partial charge in [0.05, 0.1) is 0 Å². The highest BCUT2D eigenvalue weighted by Crippen LogP contribution is 2.28. The highest BCUT2D eigenvalue weighted by Gasteiger charge is 2.26. The number of nitrogens with zero attached hydrogens (tertiary/aromatic N) is 1. The summed E-state index contributed by atoms with van der Waals surface area (Å²) < 4.78 is 26.4. The first-order valence-electron chi connectivity index (χ1n) is 7.60. The maximum Gasteiger partial charge on any atom is 0.254 e. The molecule has 0 aromatic heterocycles. The Morgan fingerprint density at radius 1 is 1.10 bits per heavy atom. The van der Waals surface area contributed by atoms with Gasteiger partial charge in [0, 0.05) is 30.8 Å². The van der Waals surface area contributed by atoms with Crippen molar-refractivity contribution in [2.45, 2.75) is 31.7 Å². The summed E-state index contributed by atoms with van der Waals surface area (Å²) in [7, 11) is 0. The molecule has 2 fully saturated rings. The van der Waals surface area contributed by atoms with Crippen LogP contribution in [-0.2, 0) is 0 Å². The van der Waals surface area contributed by atoms with Gasteiger partial charge in [-0.05, 0) is 50.3 Å². The lowest BCUT2D eigenvalue weighted by molar-refractivity contribution is 0.0704. The van der Waals surface area contributed by atoms with Crippen LogP contribution < -0.4 is 5.32 Å². The molecule has 0 bridgehead atoms. The van der Waals surface area contributed by atoms with E-state index in [1.165, 1.54) is 12.8 Å². The first kappa shape index (κ1) is 14.4. The number of likely N-dealkylation sites (tertiary alicyclic amines) is 1. The number of carbonyl (C=O) groups excluding carboxylic acids is 1. The lowest BCUT2D eigenvalue weighted by Gasteiger charge is -2.32. The minimum atomic E-state index is -0.709. The van der Waals surface area contributed by atoms with E-state index >= 15 is 0 Å². The lowest BCUT2D eigenvalue weighted by Crippen LogP contribution is -2.45. The van der Waals surface area contributed by atoms with Crippen LogP contribution in [0.4, 0.5) is 8.78 Å². The fourth-order valence-electron chi connectivity index (χ4n) is 2.80. The highest BCUT2D eigenvalue weighted by molar-refractivity contribution is 5.94. The zero-order chi connectivity index (χ0) is 14.8. The summed E-state index contributed by atoms with van der Waals surface area (Å²) in [6.45, 7) is 2.35. The number of carbonyl (C=O) groups is 1. The van der Waals surface area contributed by atoms with Crippen LogP contribution in [0.5, 0.6) is 0 Å². The van der Waals surface area contributed by atoms with Gasteiger partial charge in [0.2, 0.25) is 0 Å². The SMILES string of the molecule is O=C(c1cc(F)cc(F)c1)N1CCC(NCC2CC2)CC1. The van der Waals surface area contributed by atoms with Gasteiger partial charge >= 0.3 is 0 Å². The van der Waals surface area contributed by atoms with Crippen molar-refractivity contribution in [2.24, 2.45) is 5.92 Å². The molecule has 1 N–H and O–H groups in total. The predicted molar refractivity (Wildman–Crippen MR) is 76.0 cm³/mol. The molecule has 1 aliphatic heterocycles. The van der Waals surface area contributed by atoms with Gasteiger partial charge in [0.1, 0.15) is 11.6 Å². The van der Waals surface area contributed by atoms with E-state index < -0.39 is 11.6 Å². The van der Waals surface area contributed by atoms with Crippen LogP contribution in [0.2, 0.25) is 0 Å². The average Bonchev–Trinajstić information content (AvgIpc) is 3.28. The first-order chi connectivity index (χ1) is 10.1. The zero-order valence-electron chi connectivity index (χ0n) is 11.9. The molecule has 0 atom stereocenters. The molecule has 1 amide bonds. The van der Waals surface area contributed by atoms with Crippen LogP contribution in [0.1, 0.15) is 36.0 Å². The van der Waals surface area contributed by atoms with E-state index in [-0.39, 0.29) is 11.5 Å². The van der Waals surface area contributed by atoms with E-state index in [0.29, 0.717) is 19.1 Å². The van der Waals surface area contributed by atoms with Crippen LogP contribution in [0.25, 0.3) is 0 Å². The summed E-state index contributed by atoms with van der Waals surface area (Å²) in [6.07, 6.45) is 4.46. The van der Waals surface area contributed by atoms with Crippen molar-refractivity contribution in [1.29, 1.82) is 0 Å². The molecule has 0 spiro atoms. The topological polar surface area (TPSA) is 32.3 Å². The molecule has 1 saturated carbocycles. The van der Waals surface area contributed by atoms with Crippen LogP contribution in [-0.4, -0.2) is 36.5 Å². The first-order valence-corrected chi connectivity index (χ1v) is 7.60. The number of hydrogen-bond donors (Lipinski definition) is 1. The number of piperidine rings is 1. The van der Waals surface area contributed by atoms with Gasteiger partial charge in [-0.1, -0.05) is 0 Å². The van der Waals surface area contributed by atoms with Gasteiger partial charge in [-0.2, -0.15) is 0 Å². The third-order valence-electron chi connectivity index (χ3n) is 4.28. The average molecular weight is 294 g/mol. The van der Waals surface area contributed by atoms with E-state index in [2.05, 4.69) is 5.32 Å². The van der Waals surface area contributed by atoms with Crippen molar-refractivity contribution in [3.05, 3.63) is 35.4 Å². The summed E-state index contributed by atoms with van der Waals surface area (Å²) in [5.41, 5.74) is 0.0943. The van der Waals surface area contributed by atoms with Gasteiger partial charge in [0.15, 0.2) is 0 Å². The minimum absolute atomic E-state index is 0.0943. The molecule has 114 valence electrons. The summed E-state index contributed by atoms with van der Waals surface area (Å²) in [4.78, 5) is 13.9. The molecule has 1 aliphatic carbocycles. The Morgan fingerprint density at radius 2 is 1.71 bits per heavy atom. The highest BCUT2D eigenvalue weighted by atomic mass is 19.1. The fourth-order valence-corrected chi connectivity index (χ4v) is 2.80. The Bertz CT molecular complexity index is 503. The molecule has 1 aromatic carbocycles. The molecule has 1 aromatic rings. The normalized spacial score (nSPS) is 19.8. The van der Waals surface area contributed by atoms with Gasteiger partial charge in [-0.15, -0.1) is 0 Å². The number of benzene rings is 1. The van der Waals surface area contributed by atoms with Gasteiger partial charge in [-0.25, -0.2) is 8.78 Å². The van der Waals surface area contributed by atoms with Crippen LogP contribution in [0, 0.1) is 17.6 Å². The second-order valence-electron chi connectivity index (χ2n) is 6.08. The van der Waals surface area contributed by atoms with Crippen molar-refractivity contribution in [2.75, 3.05) is 19.6 Å². The second kappa shape index (κ2) is 6.10. The maximum atomic E-state index is 13.2. The van der Waals surface area contributed by atoms with E-state index in [1.54, 1.807) is 4.90 Å². The number of rotatable bonds is 4. The standard InChI is InChI=1S/C16H20F2N2O/c17-13-7-12(8-14(18)9-13)16(21)20-5-3-15(4-6-20)19-10-11-1-2-11/h7-9,11,15,19H,1-6,10H2. The van der Waals surface area contributed by atoms with Crippen molar-refractivity contribution in [3.63, 3.8) is 0 Å². The Morgan fingerprint density at radius 3 is 2.29 bits per heavy atom. The molecule has 0 radical (unpaired) electrons. The number of halogens is 2. The van der Waals surface area contributed by atoms with E-state index in [0.717, 1.165) is 43.5 Å². The minimum Gasteiger partial charge on any atom is -0.339 e. The summed E-state index contributed by atoms with van der Waals surface area (Å²) >= 11 is 0. The molecule has 2 aliphatic rings. The number of nitrogens with one attached hydrogen (secondary N) is 1. The van der Waals surface area contributed by atoms with Crippen molar-refractivity contribution < 1.29 is 13.6 Å². The second-order valence-corrected chi connectivity index (χ2v) is 6.08. The van der Waals surface area contributed by atoms with E-state index in [9.17, 15) is 13.6 Å². The Kier molecular flexibility index (Phi) is 4.19. The monoisotopic (exact) mass is 294 g/mol. The maximum absolute atomic E-state index is 13.2. The number of hydrogen-bond acceptors (Lipinski definition) is 2. The predicted octanol–water partition coefficient (Wildman–Crippen LogP) is 2.57. The van der Waals surface area contributed by atoms with E-state index in [4.69, 9.17) is 0 Å². The summed E-state index contributed by atoms with van der Waals surface area (Å²) in [5, 5.41) is 3.54. The van der Waals surface area contributed by atoms with Crippen LogP contribution in [0.15, 0.2) is 18.2 Å². The van der Waals surface area contributed by atoms with E-state index in [1.807, 2.05) is 0 Å². The van der Waals surface area contributed by atoms with Crippen molar-refractivity contribution in [1.82, 2.24) is 10.2 Å². The molecule has 3 nitrogen and oxygen atoms in total. The summed E-state index contributed by atoms with van der Waals surface area (Å²) in [5.74, 6) is -0.854. The largest absolute Gasteiger partial charge is 0.339 e. The van der Waals surface area contributed by atoms with Crippen LogP contribution in [0.3, 0.4) is 0 Å². The van der Waals surface area contributed by atoms with Gasteiger partial charge in [-0.3, -0.25) is 4.79 Å². The third kappa shape index (κ3) is 3.79. The Labute approximate surface area is 123 Å². The molecular weight excluding hydrogens is 274 g/mol. The van der Waals surface area contributed by atoms with Crippen molar-refractivity contribution >= 4 is 5.91 Å². The van der Waals surface area contributed by atoms with Gasteiger partial charge in [0.25, 0.3) is 5.91 Å². The quantitative estimate of drug-likeness (QED) is 0.925. The summed E-state index contributed by atoms with van der Waals surface area (Å²) in [6, 6.07) is 3.44. The van der Waals surface area contributed by atoms with Gasteiger partial charge < -0.3 is 10.2 Å². The molecule has 1 saturated heterocycles. The molecule has 5 heteroatoms. The van der Waals surface area contributed by atoms with Crippen LogP contribution >= 0.6 is 0 Å². The fraction of sp³-hybridized carbons (Fsp3) is 0.562. The molecular formula is C16H20F2N2O. The zero-order valence-corrected chi connectivity index (χ0v) is 11.9.